The Balaban J connectivity index is 3.17. The van der Waals surface area contributed by atoms with E-state index in [9.17, 15) is 13.2 Å². The van der Waals surface area contributed by atoms with Gasteiger partial charge in [0.25, 0.3) is 0 Å². The fourth-order valence-corrected chi connectivity index (χ4v) is 2.48. The molecule has 0 amide bonds. The van der Waals surface area contributed by atoms with E-state index in [2.05, 4.69) is 15.9 Å². The van der Waals surface area contributed by atoms with Crippen molar-refractivity contribution in [3.05, 3.63) is 33.8 Å². The monoisotopic (exact) mass is 292 g/mol. The molecule has 0 saturated heterocycles. The molecule has 0 radical (unpaired) electrons. The number of sulfone groups is 1. The lowest BCUT2D eigenvalue weighted by molar-refractivity contribution is 0.0696. The Labute approximate surface area is 96.0 Å². The summed E-state index contributed by atoms with van der Waals surface area (Å²) in [5, 5.41) is 8.73. The van der Waals surface area contributed by atoms with Gasteiger partial charge < -0.3 is 5.11 Å². The fraction of sp³-hybridized carbons (Fsp3) is 0.222. The Hall–Kier alpha value is -0.880. The molecule has 0 aliphatic rings. The number of carbonyl (C=O) groups is 1. The van der Waals surface area contributed by atoms with Gasteiger partial charge in [-0.3, -0.25) is 0 Å². The number of rotatable bonds is 3. The molecule has 6 heteroatoms. The molecule has 1 rings (SSSR count). The van der Waals surface area contributed by atoms with Crippen LogP contribution in [-0.2, 0) is 15.6 Å². The molecule has 0 saturated carbocycles. The predicted molar refractivity (Wildman–Crippen MR) is 59.6 cm³/mol. The van der Waals surface area contributed by atoms with Crippen molar-refractivity contribution in [1.82, 2.24) is 0 Å². The minimum Gasteiger partial charge on any atom is -0.478 e. The first-order chi connectivity index (χ1) is 6.79. The van der Waals surface area contributed by atoms with Crippen molar-refractivity contribution < 1.29 is 18.3 Å². The van der Waals surface area contributed by atoms with E-state index in [0.29, 0.717) is 10.0 Å². The molecular weight excluding hydrogens is 284 g/mol. The summed E-state index contributed by atoms with van der Waals surface area (Å²) in [5.41, 5.74) is 0.536. The Morgan fingerprint density at radius 3 is 2.53 bits per heavy atom. The zero-order chi connectivity index (χ0) is 11.6. The summed E-state index contributed by atoms with van der Waals surface area (Å²) in [4.78, 5) is 10.7. The zero-order valence-electron chi connectivity index (χ0n) is 7.90. The maximum atomic E-state index is 11.1. The Morgan fingerprint density at radius 1 is 1.47 bits per heavy atom. The van der Waals surface area contributed by atoms with Crippen LogP contribution < -0.4 is 0 Å². The van der Waals surface area contributed by atoms with Crippen LogP contribution >= 0.6 is 15.9 Å². The van der Waals surface area contributed by atoms with Crippen LogP contribution in [0, 0.1) is 0 Å². The third-order valence-electron chi connectivity index (χ3n) is 1.71. The molecule has 4 nitrogen and oxygen atoms in total. The van der Waals surface area contributed by atoms with Gasteiger partial charge in [0.1, 0.15) is 0 Å². The summed E-state index contributed by atoms with van der Waals surface area (Å²) >= 11 is 3.17. The average molecular weight is 293 g/mol. The van der Waals surface area contributed by atoms with E-state index in [1.54, 1.807) is 0 Å². The van der Waals surface area contributed by atoms with Gasteiger partial charge in [0.15, 0.2) is 9.84 Å². The molecule has 0 aliphatic carbocycles. The first-order valence-electron chi connectivity index (χ1n) is 3.99. The lowest BCUT2D eigenvalue weighted by Crippen LogP contribution is -2.04. The number of halogens is 1. The van der Waals surface area contributed by atoms with Gasteiger partial charge in [0.2, 0.25) is 0 Å². The number of benzene rings is 1. The van der Waals surface area contributed by atoms with E-state index in [0.717, 1.165) is 6.26 Å². The summed E-state index contributed by atoms with van der Waals surface area (Å²) in [5.74, 6) is -1.24. The first-order valence-corrected chi connectivity index (χ1v) is 6.84. The molecule has 1 N–H and O–H groups in total. The average Bonchev–Trinajstić information content (AvgIpc) is 2.06. The van der Waals surface area contributed by atoms with Gasteiger partial charge in [0.05, 0.1) is 11.3 Å². The first kappa shape index (κ1) is 12.2. The molecule has 0 aromatic heterocycles. The maximum Gasteiger partial charge on any atom is 0.335 e. The maximum absolute atomic E-state index is 11.1. The normalized spacial score (nSPS) is 11.3. The third kappa shape index (κ3) is 3.64. The largest absolute Gasteiger partial charge is 0.478 e. The van der Waals surface area contributed by atoms with Crippen LogP contribution in [0.1, 0.15) is 15.9 Å². The predicted octanol–water partition coefficient (Wildman–Crippen LogP) is 1.69. The Kier molecular flexibility index (Phi) is 3.51. The van der Waals surface area contributed by atoms with Crippen LogP contribution in [0.5, 0.6) is 0 Å². The summed E-state index contributed by atoms with van der Waals surface area (Å²) in [6.07, 6.45) is 1.10. The van der Waals surface area contributed by atoms with E-state index < -0.39 is 15.8 Å². The number of hydrogen-bond acceptors (Lipinski definition) is 3. The summed E-state index contributed by atoms with van der Waals surface area (Å²) in [6, 6.07) is 4.30. The molecule has 0 unspecified atom stereocenters. The lowest BCUT2D eigenvalue weighted by Gasteiger charge is -2.04. The van der Waals surface area contributed by atoms with Crippen molar-refractivity contribution in [3.63, 3.8) is 0 Å². The van der Waals surface area contributed by atoms with Gasteiger partial charge in [-0.05, 0) is 23.8 Å². The molecule has 0 heterocycles. The van der Waals surface area contributed by atoms with Gasteiger partial charge in [0, 0.05) is 10.7 Å². The molecule has 0 atom stereocenters. The van der Waals surface area contributed by atoms with E-state index in [-0.39, 0.29) is 11.3 Å². The van der Waals surface area contributed by atoms with Crippen LogP contribution in [0.2, 0.25) is 0 Å². The quantitative estimate of drug-likeness (QED) is 0.920. The van der Waals surface area contributed by atoms with Crippen molar-refractivity contribution in [2.24, 2.45) is 0 Å². The molecule has 82 valence electrons. The molecule has 0 spiro atoms. The molecule has 1 aromatic carbocycles. The number of aromatic carboxylic acids is 1. The van der Waals surface area contributed by atoms with Crippen molar-refractivity contribution in [2.75, 3.05) is 6.26 Å². The van der Waals surface area contributed by atoms with Gasteiger partial charge in [-0.1, -0.05) is 15.9 Å². The van der Waals surface area contributed by atoms with Crippen LogP contribution in [0.15, 0.2) is 22.7 Å². The van der Waals surface area contributed by atoms with Crippen molar-refractivity contribution >= 4 is 31.7 Å². The molecule has 15 heavy (non-hydrogen) atoms. The third-order valence-corrected chi connectivity index (χ3v) is 3.32. The van der Waals surface area contributed by atoms with Crippen LogP contribution in [0.25, 0.3) is 0 Å². The van der Waals surface area contributed by atoms with E-state index >= 15 is 0 Å². The van der Waals surface area contributed by atoms with Gasteiger partial charge in [-0.25, -0.2) is 13.2 Å². The number of carboxylic acids is 1. The van der Waals surface area contributed by atoms with Crippen LogP contribution in [0.3, 0.4) is 0 Å². The summed E-state index contributed by atoms with van der Waals surface area (Å²) in [6.45, 7) is 0. The second kappa shape index (κ2) is 4.32. The second-order valence-corrected chi connectivity index (χ2v) is 6.18. The van der Waals surface area contributed by atoms with Crippen LogP contribution in [-0.4, -0.2) is 25.7 Å². The molecule has 1 aromatic rings. The zero-order valence-corrected chi connectivity index (χ0v) is 10.3. The highest BCUT2D eigenvalue weighted by Crippen LogP contribution is 2.20. The smallest absolute Gasteiger partial charge is 0.335 e. The molecule has 0 bridgehead atoms. The molecular formula is C9H9BrO4S. The number of carboxylic acid groups (broad SMARTS) is 1. The Morgan fingerprint density at radius 2 is 2.07 bits per heavy atom. The lowest BCUT2D eigenvalue weighted by atomic mass is 10.1. The highest BCUT2D eigenvalue weighted by Gasteiger charge is 2.11. The van der Waals surface area contributed by atoms with Crippen molar-refractivity contribution in [3.8, 4) is 0 Å². The highest BCUT2D eigenvalue weighted by molar-refractivity contribution is 9.10. The topological polar surface area (TPSA) is 71.4 Å². The van der Waals surface area contributed by atoms with Gasteiger partial charge in [-0.15, -0.1) is 0 Å². The minimum absolute atomic E-state index is 0.0804. The second-order valence-electron chi connectivity index (χ2n) is 3.18. The standard InChI is InChI=1S/C9H9BrO4S/c1-15(13,14)5-7-4-6(9(11)12)2-3-8(7)10/h2-4H,5H2,1H3,(H,11,12). The van der Waals surface area contributed by atoms with Crippen molar-refractivity contribution in [1.29, 1.82) is 0 Å². The molecule has 0 fully saturated rings. The highest BCUT2D eigenvalue weighted by atomic mass is 79.9. The van der Waals surface area contributed by atoms with E-state index in [1.807, 2.05) is 0 Å². The Bertz CT molecular complexity index is 493. The van der Waals surface area contributed by atoms with E-state index in [1.165, 1.54) is 18.2 Å². The van der Waals surface area contributed by atoms with Gasteiger partial charge in [-0.2, -0.15) is 0 Å². The van der Waals surface area contributed by atoms with Crippen LogP contribution in [0.4, 0.5) is 0 Å². The van der Waals surface area contributed by atoms with Crippen molar-refractivity contribution in [2.45, 2.75) is 5.75 Å². The van der Waals surface area contributed by atoms with E-state index in [4.69, 9.17) is 5.11 Å². The summed E-state index contributed by atoms with van der Waals surface area (Å²) in [7, 11) is -3.17. The minimum atomic E-state index is -3.17. The van der Waals surface area contributed by atoms with Gasteiger partial charge >= 0.3 is 5.97 Å². The SMILES string of the molecule is CS(=O)(=O)Cc1cc(C(=O)O)ccc1Br. The number of hydrogen-bond donors (Lipinski definition) is 1. The summed E-state index contributed by atoms with van der Waals surface area (Å²) < 4.78 is 22.7. The fourth-order valence-electron chi connectivity index (χ4n) is 1.10. The molecule has 0 aliphatic heterocycles.